The highest BCUT2D eigenvalue weighted by Crippen LogP contribution is 2.25. The van der Waals surface area contributed by atoms with Crippen molar-refractivity contribution in [1.29, 1.82) is 0 Å². The van der Waals surface area contributed by atoms with E-state index in [0.717, 1.165) is 18.4 Å². The van der Waals surface area contributed by atoms with Gasteiger partial charge in [0.1, 0.15) is 23.1 Å². The molecule has 1 heterocycles. The number of hydrogen-bond donors (Lipinski definition) is 2. The first-order chi connectivity index (χ1) is 11.0. The molecule has 2 N–H and O–H groups in total. The fourth-order valence-corrected chi connectivity index (χ4v) is 2.33. The molecule has 0 unspecified atom stereocenters. The number of amides is 1. The van der Waals surface area contributed by atoms with Gasteiger partial charge in [0.15, 0.2) is 0 Å². The first kappa shape index (κ1) is 16.7. The zero-order valence-electron chi connectivity index (χ0n) is 13.2. The molecule has 6 heteroatoms. The van der Waals surface area contributed by atoms with Crippen LogP contribution >= 0.6 is 0 Å². The van der Waals surface area contributed by atoms with Crippen LogP contribution in [0.5, 0.6) is 0 Å². The van der Waals surface area contributed by atoms with E-state index in [1.807, 2.05) is 37.3 Å². The molecule has 0 radical (unpaired) electrons. The van der Waals surface area contributed by atoms with Gasteiger partial charge in [0.2, 0.25) is 0 Å². The molecule has 6 nitrogen and oxygen atoms in total. The molecule has 0 spiro atoms. The summed E-state index contributed by atoms with van der Waals surface area (Å²) in [5.74, 6) is -1.16. The number of carboxylic acids is 1. The number of rotatable bonds is 7. The van der Waals surface area contributed by atoms with Crippen molar-refractivity contribution < 1.29 is 19.2 Å². The number of unbranched alkanes of at least 4 members (excludes halogenated alkanes) is 1. The van der Waals surface area contributed by atoms with Crippen LogP contribution in [0.2, 0.25) is 0 Å². The fraction of sp³-hybridized carbons (Fsp3) is 0.353. The Labute approximate surface area is 134 Å². The molecule has 2 aromatic rings. The smallest absolute Gasteiger partial charge is 0.326 e. The van der Waals surface area contributed by atoms with Gasteiger partial charge >= 0.3 is 5.97 Å². The number of carbonyl (C=O) groups excluding carboxylic acids is 1. The summed E-state index contributed by atoms with van der Waals surface area (Å²) in [6.45, 7) is 3.61. The maximum atomic E-state index is 12.5. The van der Waals surface area contributed by atoms with Crippen LogP contribution in [0.4, 0.5) is 0 Å². The first-order valence-corrected chi connectivity index (χ1v) is 7.60. The third-order valence-electron chi connectivity index (χ3n) is 3.59. The highest BCUT2D eigenvalue weighted by molar-refractivity contribution is 6.02. The molecular formula is C17H20N2O4. The first-order valence-electron chi connectivity index (χ1n) is 7.60. The van der Waals surface area contributed by atoms with Crippen LogP contribution in [0.15, 0.2) is 34.9 Å². The summed E-state index contributed by atoms with van der Waals surface area (Å²) in [7, 11) is 0. The van der Waals surface area contributed by atoms with Crippen molar-refractivity contribution in [2.75, 3.05) is 0 Å². The van der Waals surface area contributed by atoms with Gasteiger partial charge in [-0.1, -0.05) is 55.3 Å². The highest BCUT2D eigenvalue weighted by atomic mass is 16.5. The Morgan fingerprint density at radius 3 is 2.61 bits per heavy atom. The molecule has 1 aromatic heterocycles. The van der Waals surface area contributed by atoms with Crippen molar-refractivity contribution in [3.63, 3.8) is 0 Å². The van der Waals surface area contributed by atoms with Gasteiger partial charge in [-0.05, 0) is 13.3 Å². The number of aliphatic carboxylic acids is 1. The van der Waals surface area contributed by atoms with Gasteiger partial charge in [-0.15, -0.1) is 0 Å². The molecule has 122 valence electrons. The highest BCUT2D eigenvalue weighted by Gasteiger charge is 2.26. The number of nitrogens with one attached hydrogen (secondary N) is 1. The predicted molar refractivity (Wildman–Crippen MR) is 85.1 cm³/mol. The third kappa shape index (κ3) is 3.97. The maximum absolute atomic E-state index is 12.5. The zero-order chi connectivity index (χ0) is 16.8. The molecule has 0 saturated carbocycles. The number of benzene rings is 1. The van der Waals surface area contributed by atoms with Gasteiger partial charge in [-0.25, -0.2) is 4.79 Å². The lowest BCUT2D eigenvalue weighted by Gasteiger charge is -2.14. The second-order valence-corrected chi connectivity index (χ2v) is 5.33. The number of aryl methyl sites for hydroxylation is 1. The van der Waals surface area contributed by atoms with E-state index in [-0.39, 0.29) is 5.56 Å². The minimum absolute atomic E-state index is 0.277. The second-order valence-electron chi connectivity index (χ2n) is 5.33. The minimum atomic E-state index is -1.04. The molecule has 0 aliphatic heterocycles. The predicted octanol–water partition coefficient (Wildman–Crippen LogP) is 3.02. The molecule has 0 aliphatic carbocycles. The van der Waals surface area contributed by atoms with Crippen molar-refractivity contribution in [3.8, 4) is 11.3 Å². The van der Waals surface area contributed by atoms with Crippen molar-refractivity contribution in [1.82, 2.24) is 10.5 Å². The van der Waals surface area contributed by atoms with Crippen LogP contribution in [-0.2, 0) is 4.79 Å². The molecule has 0 saturated heterocycles. The topological polar surface area (TPSA) is 92.4 Å². The Hall–Kier alpha value is -2.63. The van der Waals surface area contributed by atoms with Crippen molar-refractivity contribution >= 4 is 11.9 Å². The van der Waals surface area contributed by atoms with Gasteiger partial charge in [0.25, 0.3) is 5.91 Å². The number of carboxylic acid groups (broad SMARTS) is 1. The van der Waals surface area contributed by atoms with E-state index in [9.17, 15) is 14.7 Å². The standard InChI is InChI=1S/C17H20N2O4/c1-3-4-10-13(17(21)22)18-16(20)14-11(2)23-19-15(14)12-8-6-5-7-9-12/h5-9,13H,3-4,10H2,1-2H3,(H,18,20)(H,21,22)/t13-/m0/s1. The van der Waals surface area contributed by atoms with E-state index in [4.69, 9.17) is 4.52 Å². The Morgan fingerprint density at radius 2 is 2.00 bits per heavy atom. The largest absolute Gasteiger partial charge is 0.480 e. The van der Waals surface area contributed by atoms with Gasteiger partial charge < -0.3 is 14.9 Å². The molecule has 2 rings (SSSR count). The van der Waals surface area contributed by atoms with E-state index in [1.165, 1.54) is 0 Å². The van der Waals surface area contributed by atoms with Crippen molar-refractivity contribution in [2.45, 2.75) is 39.2 Å². The summed E-state index contributed by atoms with van der Waals surface area (Å²) in [6, 6.07) is 8.26. The van der Waals surface area contributed by atoms with Crippen LogP contribution in [0.3, 0.4) is 0 Å². The summed E-state index contributed by atoms with van der Waals surface area (Å²) in [4.78, 5) is 23.8. The Balaban J connectivity index is 2.26. The minimum Gasteiger partial charge on any atom is -0.480 e. The summed E-state index contributed by atoms with van der Waals surface area (Å²) < 4.78 is 5.14. The van der Waals surface area contributed by atoms with E-state index in [1.54, 1.807) is 6.92 Å². The van der Waals surface area contributed by atoms with E-state index in [0.29, 0.717) is 17.9 Å². The summed E-state index contributed by atoms with van der Waals surface area (Å²) in [5.41, 5.74) is 1.44. The molecule has 1 amide bonds. The van der Waals surface area contributed by atoms with Crippen LogP contribution in [0, 0.1) is 6.92 Å². The Bertz CT molecular complexity index is 679. The number of nitrogens with zero attached hydrogens (tertiary/aromatic N) is 1. The maximum Gasteiger partial charge on any atom is 0.326 e. The lowest BCUT2D eigenvalue weighted by atomic mass is 10.0. The summed E-state index contributed by atoms with van der Waals surface area (Å²) in [5, 5.41) is 15.8. The molecular weight excluding hydrogens is 296 g/mol. The van der Waals surface area contributed by atoms with Gasteiger partial charge in [0.05, 0.1) is 0 Å². The second kappa shape index (κ2) is 7.58. The Morgan fingerprint density at radius 1 is 1.30 bits per heavy atom. The molecule has 1 atom stereocenters. The molecule has 0 bridgehead atoms. The molecule has 23 heavy (non-hydrogen) atoms. The normalized spacial score (nSPS) is 11.9. The summed E-state index contributed by atoms with van der Waals surface area (Å²) >= 11 is 0. The third-order valence-corrected chi connectivity index (χ3v) is 3.59. The van der Waals surface area contributed by atoms with Gasteiger partial charge in [0, 0.05) is 5.56 Å². The molecule has 0 fully saturated rings. The monoisotopic (exact) mass is 316 g/mol. The van der Waals surface area contributed by atoms with Crippen molar-refractivity contribution in [2.24, 2.45) is 0 Å². The SMILES string of the molecule is CCCC[C@H](NC(=O)c1c(-c2ccccc2)noc1C)C(=O)O. The van der Waals surface area contributed by atoms with Crippen LogP contribution < -0.4 is 5.32 Å². The fourth-order valence-electron chi connectivity index (χ4n) is 2.33. The van der Waals surface area contributed by atoms with E-state index in [2.05, 4.69) is 10.5 Å². The van der Waals surface area contributed by atoms with Crippen LogP contribution in [0.1, 0.15) is 42.3 Å². The Kier molecular flexibility index (Phi) is 5.51. The molecule has 1 aromatic carbocycles. The van der Waals surface area contributed by atoms with Crippen LogP contribution in [-0.4, -0.2) is 28.2 Å². The number of carbonyl (C=O) groups is 2. The van der Waals surface area contributed by atoms with Crippen LogP contribution in [0.25, 0.3) is 11.3 Å². The zero-order valence-corrected chi connectivity index (χ0v) is 13.2. The molecule has 0 aliphatic rings. The lowest BCUT2D eigenvalue weighted by Crippen LogP contribution is -2.41. The lowest BCUT2D eigenvalue weighted by molar-refractivity contribution is -0.139. The van der Waals surface area contributed by atoms with E-state index >= 15 is 0 Å². The number of hydrogen-bond acceptors (Lipinski definition) is 4. The average molecular weight is 316 g/mol. The summed E-state index contributed by atoms with van der Waals surface area (Å²) in [6.07, 6.45) is 1.98. The number of aromatic nitrogens is 1. The quantitative estimate of drug-likeness (QED) is 0.819. The van der Waals surface area contributed by atoms with Gasteiger partial charge in [-0.3, -0.25) is 4.79 Å². The van der Waals surface area contributed by atoms with E-state index < -0.39 is 17.9 Å². The van der Waals surface area contributed by atoms with Crippen molar-refractivity contribution in [3.05, 3.63) is 41.7 Å². The van der Waals surface area contributed by atoms with Gasteiger partial charge in [-0.2, -0.15) is 0 Å². The average Bonchev–Trinajstić information content (AvgIpc) is 2.93.